The van der Waals surface area contributed by atoms with E-state index in [1.165, 1.54) is 0 Å². The summed E-state index contributed by atoms with van der Waals surface area (Å²) in [6.45, 7) is 4.02. The zero-order chi connectivity index (χ0) is 13.3. The van der Waals surface area contributed by atoms with E-state index in [0.717, 1.165) is 41.4 Å². The molecule has 1 fully saturated rings. The highest BCUT2D eigenvalue weighted by molar-refractivity contribution is 7.98. The second-order valence-electron chi connectivity index (χ2n) is 4.80. The average molecular weight is 301 g/mol. The topological polar surface area (TPSA) is 44.2 Å². The van der Waals surface area contributed by atoms with Crippen LogP contribution in [0.3, 0.4) is 0 Å². The van der Waals surface area contributed by atoms with Crippen LogP contribution in [0.1, 0.15) is 36.8 Å². The van der Waals surface area contributed by atoms with Gasteiger partial charge >= 0.3 is 0 Å². The fourth-order valence-electron chi connectivity index (χ4n) is 2.63. The van der Waals surface area contributed by atoms with Gasteiger partial charge in [-0.2, -0.15) is 11.8 Å². The molecule has 0 N–H and O–H groups in total. The Hall–Kier alpha value is -0.360. The summed E-state index contributed by atoms with van der Waals surface area (Å²) >= 11 is 8.14. The molecule has 0 saturated carbocycles. The van der Waals surface area contributed by atoms with Crippen molar-refractivity contribution in [3.63, 3.8) is 0 Å². The molecule has 0 unspecified atom stereocenters. The highest BCUT2D eigenvalue weighted by Crippen LogP contribution is 2.38. The number of hydrogen-bond acceptors (Lipinski definition) is 5. The predicted octanol–water partition coefficient (Wildman–Crippen LogP) is 2.92. The van der Waals surface area contributed by atoms with Crippen molar-refractivity contribution in [1.82, 2.24) is 9.97 Å². The minimum atomic E-state index is -0.418. The van der Waals surface area contributed by atoms with E-state index in [4.69, 9.17) is 26.1 Å². The van der Waals surface area contributed by atoms with Gasteiger partial charge in [0.2, 0.25) is 0 Å². The summed E-state index contributed by atoms with van der Waals surface area (Å²) in [7, 11) is 0. The van der Waals surface area contributed by atoms with Crippen molar-refractivity contribution < 1.29 is 9.47 Å². The SMILES string of the molecule is CCOC1(c2nc(Cl)c3c(n2)CSC3)CCOCC1. The number of halogens is 1. The van der Waals surface area contributed by atoms with E-state index < -0.39 is 5.60 Å². The first-order chi connectivity index (χ1) is 9.25. The van der Waals surface area contributed by atoms with Gasteiger partial charge in [0, 0.05) is 49.7 Å². The van der Waals surface area contributed by atoms with Crippen molar-refractivity contribution in [3.05, 3.63) is 22.2 Å². The van der Waals surface area contributed by atoms with Gasteiger partial charge in [0.05, 0.1) is 5.69 Å². The van der Waals surface area contributed by atoms with Crippen LogP contribution in [0, 0.1) is 0 Å². The highest BCUT2D eigenvalue weighted by Gasteiger charge is 2.39. The Kier molecular flexibility index (Phi) is 3.98. The molecule has 0 amide bonds. The van der Waals surface area contributed by atoms with E-state index in [0.29, 0.717) is 25.0 Å². The van der Waals surface area contributed by atoms with Crippen molar-refractivity contribution in [2.24, 2.45) is 0 Å². The van der Waals surface area contributed by atoms with Crippen LogP contribution in [0.25, 0.3) is 0 Å². The number of thioether (sulfide) groups is 1. The van der Waals surface area contributed by atoms with Gasteiger partial charge in [0.25, 0.3) is 0 Å². The van der Waals surface area contributed by atoms with Crippen LogP contribution in [0.2, 0.25) is 5.15 Å². The van der Waals surface area contributed by atoms with Crippen LogP contribution >= 0.6 is 23.4 Å². The molecule has 0 spiro atoms. The molecular weight excluding hydrogens is 284 g/mol. The first-order valence-electron chi connectivity index (χ1n) is 6.60. The third-order valence-electron chi connectivity index (χ3n) is 3.66. The van der Waals surface area contributed by atoms with Crippen LogP contribution < -0.4 is 0 Å². The number of hydrogen-bond donors (Lipinski definition) is 0. The number of ether oxygens (including phenoxy) is 2. The lowest BCUT2D eigenvalue weighted by atomic mass is 9.92. The molecule has 3 heterocycles. The van der Waals surface area contributed by atoms with Gasteiger partial charge in [-0.25, -0.2) is 9.97 Å². The molecule has 19 heavy (non-hydrogen) atoms. The Balaban J connectivity index is 2.00. The Morgan fingerprint density at radius 2 is 2.11 bits per heavy atom. The van der Waals surface area contributed by atoms with Crippen LogP contribution in [0.4, 0.5) is 0 Å². The second kappa shape index (κ2) is 5.56. The second-order valence-corrected chi connectivity index (χ2v) is 6.14. The van der Waals surface area contributed by atoms with Gasteiger partial charge in [-0.05, 0) is 6.92 Å². The summed E-state index contributed by atoms with van der Waals surface area (Å²) in [6.07, 6.45) is 1.59. The minimum absolute atomic E-state index is 0.418. The normalized spacial score (nSPS) is 21.4. The lowest BCUT2D eigenvalue weighted by Gasteiger charge is -2.35. The van der Waals surface area contributed by atoms with Crippen molar-refractivity contribution in [1.29, 1.82) is 0 Å². The molecule has 1 aromatic rings. The third kappa shape index (κ3) is 2.49. The van der Waals surface area contributed by atoms with Crippen molar-refractivity contribution >= 4 is 23.4 Å². The summed E-state index contributed by atoms with van der Waals surface area (Å²) in [4.78, 5) is 9.25. The van der Waals surface area contributed by atoms with E-state index in [2.05, 4.69) is 4.98 Å². The van der Waals surface area contributed by atoms with Gasteiger partial charge < -0.3 is 9.47 Å². The van der Waals surface area contributed by atoms with Crippen LogP contribution in [0.5, 0.6) is 0 Å². The standard InChI is InChI=1S/C13H17ClN2O2S/c1-2-18-13(3-5-17-6-4-13)12-15-10-8-19-7-9(10)11(14)16-12/h2-8H2,1H3. The van der Waals surface area contributed by atoms with E-state index in [1.54, 1.807) is 0 Å². The molecule has 6 heteroatoms. The monoisotopic (exact) mass is 300 g/mol. The first kappa shape index (κ1) is 13.6. The Morgan fingerprint density at radius 1 is 1.32 bits per heavy atom. The smallest absolute Gasteiger partial charge is 0.162 e. The van der Waals surface area contributed by atoms with E-state index >= 15 is 0 Å². The van der Waals surface area contributed by atoms with E-state index in [1.807, 2.05) is 18.7 Å². The largest absolute Gasteiger partial charge is 0.381 e. The van der Waals surface area contributed by atoms with Crippen molar-refractivity contribution in [2.45, 2.75) is 36.9 Å². The molecule has 3 rings (SSSR count). The number of aromatic nitrogens is 2. The fraction of sp³-hybridized carbons (Fsp3) is 0.692. The van der Waals surface area contributed by atoms with Gasteiger partial charge in [0.15, 0.2) is 5.82 Å². The highest BCUT2D eigenvalue weighted by atomic mass is 35.5. The quantitative estimate of drug-likeness (QED) is 0.803. The van der Waals surface area contributed by atoms with Gasteiger partial charge in [0.1, 0.15) is 10.8 Å². The molecule has 0 aromatic carbocycles. The number of rotatable bonds is 3. The average Bonchev–Trinajstić information content (AvgIpc) is 2.89. The lowest BCUT2D eigenvalue weighted by molar-refractivity contribution is -0.117. The van der Waals surface area contributed by atoms with Crippen LogP contribution in [-0.4, -0.2) is 29.8 Å². The van der Waals surface area contributed by atoms with E-state index in [-0.39, 0.29) is 0 Å². The van der Waals surface area contributed by atoms with Crippen LogP contribution in [0.15, 0.2) is 0 Å². The number of fused-ring (bicyclic) bond motifs is 1. The number of nitrogens with zero attached hydrogens (tertiary/aromatic N) is 2. The molecule has 2 aliphatic heterocycles. The summed E-state index contributed by atoms with van der Waals surface area (Å²) in [6, 6.07) is 0. The molecule has 0 atom stereocenters. The zero-order valence-electron chi connectivity index (χ0n) is 10.9. The molecule has 0 radical (unpaired) electrons. The summed E-state index contributed by atoms with van der Waals surface area (Å²) in [5.74, 6) is 2.58. The maximum atomic E-state index is 6.30. The summed E-state index contributed by atoms with van der Waals surface area (Å²) in [5.41, 5.74) is 1.75. The van der Waals surface area contributed by atoms with Crippen LogP contribution in [-0.2, 0) is 26.6 Å². The van der Waals surface area contributed by atoms with Gasteiger partial charge in [-0.3, -0.25) is 0 Å². The zero-order valence-corrected chi connectivity index (χ0v) is 12.5. The molecule has 0 aliphatic carbocycles. The molecule has 104 valence electrons. The van der Waals surface area contributed by atoms with Gasteiger partial charge in [-0.15, -0.1) is 0 Å². The first-order valence-corrected chi connectivity index (χ1v) is 8.13. The molecular formula is C13H17ClN2O2S. The Bertz CT molecular complexity index is 472. The lowest BCUT2D eigenvalue weighted by Crippen LogP contribution is -2.38. The Labute approximate surface area is 122 Å². The van der Waals surface area contributed by atoms with Gasteiger partial charge in [-0.1, -0.05) is 11.6 Å². The maximum Gasteiger partial charge on any atom is 0.162 e. The van der Waals surface area contributed by atoms with Crippen molar-refractivity contribution in [2.75, 3.05) is 19.8 Å². The molecule has 1 aromatic heterocycles. The van der Waals surface area contributed by atoms with E-state index in [9.17, 15) is 0 Å². The third-order valence-corrected chi connectivity index (χ3v) is 4.94. The predicted molar refractivity (Wildman–Crippen MR) is 75.4 cm³/mol. The van der Waals surface area contributed by atoms with Crippen molar-refractivity contribution in [3.8, 4) is 0 Å². The fourth-order valence-corrected chi connectivity index (χ4v) is 4.00. The minimum Gasteiger partial charge on any atom is -0.381 e. The Morgan fingerprint density at radius 3 is 2.84 bits per heavy atom. The summed E-state index contributed by atoms with van der Waals surface area (Å²) < 4.78 is 11.4. The molecule has 1 saturated heterocycles. The molecule has 2 aliphatic rings. The molecule has 4 nitrogen and oxygen atoms in total. The molecule has 0 bridgehead atoms. The summed E-state index contributed by atoms with van der Waals surface area (Å²) in [5, 5.41) is 0.593. The maximum absolute atomic E-state index is 6.30.